The normalized spacial score (nSPS) is 11.2. The van der Waals surface area contributed by atoms with Gasteiger partial charge in [0, 0.05) is 23.9 Å². The topological polar surface area (TPSA) is 58.4 Å². The van der Waals surface area contributed by atoms with E-state index in [0.29, 0.717) is 6.54 Å². The van der Waals surface area contributed by atoms with E-state index in [0.717, 1.165) is 47.5 Å². The van der Waals surface area contributed by atoms with Crippen LogP contribution in [-0.4, -0.2) is 38.8 Å². The Morgan fingerprint density at radius 2 is 1.83 bits per heavy atom. The van der Waals surface area contributed by atoms with Crippen LogP contribution in [0.5, 0.6) is 0 Å². The van der Waals surface area contributed by atoms with Crippen LogP contribution in [0.4, 0.5) is 0 Å². The van der Waals surface area contributed by atoms with Crippen LogP contribution in [0, 0.1) is 6.92 Å². The van der Waals surface area contributed by atoms with E-state index in [9.17, 15) is 9.90 Å². The van der Waals surface area contributed by atoms with Gasteiger partial charge in [-0.05, 0) is 43.5 Å². The maximum absolute atomic E-state index is 11.3. The Morgan fingerprint density at radius 1 is 1.10 bits per heavy atom. The van der Waals surface area contributed by atoms with Gasteiger partial charge in [0.1, 0.15) is 0 Å². The lowest BCUT2D eigenvalue weighted by molar-refractivity contribution is -0.138. The zero-order valence-corrected chi connectivity index (χ0v) is 17.4. The summed E-state index contributed by atoms with van der Waals surface area (Å²) in [5.74, 6) is -0.807. The minimum atomic E-state index is -0.807. The van der Waals surface area contributed by atoms with Crippen molar-refractivity contribution in [2.45, 2.75) is 40.2 Å². The molecule has 0 unspecified atom stereocenters. The molecule has 1 N–H and O–H groups in total. The summed E-state index contributed by atoms with van der Waals surface area (Å²) in [4.78, 5) is 13.3. The Kier molecular flexibility index (Phi) is 6.83. The van der Waals surface area contributed by atoms with Crippen molar-refractivity contribution in [3.63, 3.8) is 0 Å². The number of nitrogens with zero attached hydrogens (tertiary/aromatic N) is 3. The van der Waals surface area contributed by atoms with Gasteiger partial charge in [-0.1, -0.05) is 56.3 Å². The highest BCUT2D eigenvalue weighted by molar-refractivity contribution is 5.69. The maximum atomic E-state index is 11.3. The van der Waals surface area contributed by atoms with Gasteiger partial charge in [0.05, 0.1) is 17.9 Å². The fourth-order valence-corrected chi connectivity index (χ4v) is 3.57. The predicted molar refractivity (Wildman–Crippen MR) is 116 cm³/mol. The second kappa shape index (κ2) is 9.52. The highest BCUT2D eigenvalue weighted by atomic mass is 16.4. The van der Waals surface area contributed by atoms with Gasteiger partial charge < -0.3 is 5.11 Å². The third-order valence-corrected chi connectivity index (χ3v) is 5.08. The van der Waals surface area contributed by atoms with Crippen molar-refractivity contribution in [2.24, 2.45) is 0 Å². The molecule has 0 fully saturated rings. The van der Waals surface area contributed by atoms with Gasteiger partial charge in [-0.2, -0.15) is 5.10 Å². The summed E-state index contributed by atoms with van der Waals surface area (Å²) in [6.07, 6.45) is 3.93. The number of aliphatic carboxylic acids is 1. The molecule has 0 bridgehead atoms. The molecule has 1 aromatic heterocycles. The van der Waals surface area contributed by atoms with Crippen LogP contribution in [0.15, 0.2) is 54.7 Å². The highest BCUT2D eigenvalue weighted by Gasteiger charge is 2.17. The summed E-state index contributed by atoms with van der Waals surface area (Å²) < 4.78 is 1.92. The third kappa shape index (κ3) is 5.12. The minimum absolute atomic E-state index is 0.0254. The number of aryl methyl sites for hydroxylation is 2. The molecule has 0 spiro atoms. The SMILES string of the molecule is CCCN(CC(=O)O)Cc1cn(-c2ccccc2C)nc1-c1ccc(CC)cc1. The molecule has 5 heteroatoms. The zero-order valence-electron chi connectivity index (χ0n) is 17.4. The summed E-state index contributed by atoms with van der Waals surface area (Å²) >= 11 is 0. The van der Waals surface area contributed by atoms with Crippen LogP contribution in [0.25, 0.3) is 16.9 Å². The molecule has 2 aromatic carbocycles. The van der Waals surface area contributed by atoms with Crippen molar-refractivity contribution in [2.75, 3.05) is 13.1 Å². The Bertz CT molecular complexity index is 961. The smallest absolute Gasteiger partial charge is 0.317 e. The molecule has 3 aromatic rings. The van der Waals surface area contributed by atoms with Crippen molar-refractivity contribution in [1.82, 2.24) is 14.7 Å². The average molecular weight is 392 g/mol. The molecular formula is C24H29N3O2. The first-order valence-corrected chi connectivity index (χ1v) is 10.2. The summed E-state index contributed by atoms with van der Waals surface area (Å²) in [5, 5.41) is 14.2. The average Bonchev–Trinajstić information content (AvgIpc) is 3.11. The molecule has 0 amide bonds. The third-order valence-electron chi connectivity index (χ3n) is 5.08. The molecule has 0 aliphatic heterocycles. The van der Waals surface area contributed by atoms with E-state index in [-0.39, 0.29) is 6.54 Å². The minimum Gasteiger partial charge on any atom is -0.480 e. The zero-order chi connectivity index (χ0) is 20.8. The van der Waals surface area contributed by atoms with Crippen molar-refractivity contribution in [1.29, 1.82) is 0 Å². The van der Waals surface area contributed by atoms with E-state index in [1.807, 2.05) is 27.9 Å². The molecule has 0 atom stereocenters. The van der Waals surface area contributed by atoms with Gasteiger partial charge in [-0.3, -0.25) is 9.69 Å². The van der Waals surface area contributed by atoms with E-state index in [4.69, 9.17) is 5.10 Å². The van der Waals surface area contributed by atoms with Crippen molar-refractivity contribution < 1.29 is 9.90 Å². The molecule has 0 saturated carbocycles. The van der Waals surface area contributed by atoms with Crippen molar-refractivity contribution in [3.8, 4) is 16.9 Å². The second-order valence-electron chi connectivity index (χ2n) is 7.39. The van der Waals surface area contributed by atoms with E-state index in [1.165, 1.54) is 5.56 Å². The molecular weight excluding hydrogens is 362 g/mol. The highest BCUT2D eigenvalue weighted by Crippen LogP contribution is 2.26. The van der Waals surface area contributed by atoms with E-state index >= 15 is 0 Å². The number of benzene rings is 2. The maximum Gasteiger partial charge on any atom is 0.317 e. The van der Waals surface area contributed by atoms with Gasteiger partial charge in [0.2, 0.25) is 0 Å². The Morgan fingerprint density at radius 3 is 2.45 bits per heavy atom. The summed E-state index contributed by atoms with van der Waals surface area (Å²) in [5.41, 5.74) is 6.45. The number of hydrogen-bond acceptors (Lipinski definition) is 3. The quantitative estimate of drug-likeness (QED) is 0.574. The standard InChI is InChI=1S/C24H29N3O2/c1-4-14-26(17-23(28)29)15-21-16-27(22-9-7-6-8-18(22)3)25-24(21)20-12-10-19(5-2)11-13-20/h6-13,16H,4-5,14-15,17H2,1-3H3,(H,28,29). The van der Waals surface area contributed by atoms with E-state index in [2.05, 4.69) is 57.2 Å². The van der Waals surface area contributed by atoms with Gasteiger partial charge >= 0.3 is 5.97 Å². The van der Waals surface area contributed by atoms with Crippen LogP contribution in [0.1, 0.15) is 37.0 Å². The van der Waals surface area contributed by atoms with Gasteiger partial charge in [-0.25, -0.2) is 4.68 Å². The van der Waals surface area contributed by atoms with Crippen LogP contribution in [0.2, 0.25) is 0 Å². The number of carbonyl (C=O) groups is 1. The van der Waals surface area contributed by atoms with Gasteiger partial charge in [0.15, 0.2) is 0 Å². The number of carboxylic acids is 1. The molecule has 0 aliphatic rings. The number of carboxylic acid groups (broad SMARTS) is 1. The van der Waals surface area contributed by atoms with Crippen molar-refractivity contribution in [3.05, 3.63) is 71.4 Å². The number of rotatable bonds is 9. The lowest BCUT2D eigenvalue weighted by Gasteiger charge is -2.19. The fraction of sp³-hybridized carbons (Fsp3) is 0.333. The summed E-state index contributed by atoms with van der Waals surface area (Å²) in [7, 11) is 0. The number of hydrogen-bond donors (Lipinski definition) is 1. The molecule has 0 saturated heterocycles. The Labute approximate surface area is 172 Å². The lowest BCUT2D eigenvalue weighted by atomic mass is 10.0. The monoisotopic (exact) mass is 391 g/mol. The summed E-state index contributed by atoms with van der Waals surface area (Å²) in [6.45, 7) is 7.59. The number of aromatic nitrogens is 2. The van der Waals surface area contributed by atoms with Crippen LogP contribution in [-0.2, 0) is 17.8 Å². The number of para-hydroxylation sites is 1. The molecule has 152 valence electrons. The Balaban J connectivity index is 2.03. The van der Waals surface area contributed by atoms with E-state index in [1.54, 1.807) is 0 Å². The first-order chi connectivity index (χ1) is 14.0. The van der Waals surface area contributed by atoms with E-state index < -0.39 is 5.97 Å². The Hall–Kier alpha value is -2.92. The molecule has 1 heterocycles. The first-order valence-electron chi connectivity index (χ1n) is 10.2. The van der Waals surface area contributed by atoms with Crippen LogP contribution in [0.3, 0.4) is 0 Å². The van der Waals surface area contributed by atoms with Gasteiger partial charge in [0.25, 0.3) is 0 Å². The molecule has 0 aliphatic carbocycles. The lowest BCUT2D eigenvalue weighted by Crippen LogP contribution is -2.30. The van der Waals surface area contributed by atoms with Crippen molar-refractivity contribution >= 4 is 5.97 Å². The second-order valence-corrected chi connectivity index (χ2v) is 7.39. The fourth-order valence-electron chi connectivity index (χ4n) is 3.57. The largest absolute Gasteiger partial charge is 0.480 e. The molecule has 29 heavy (non-hydrogen) atoms. The molecule has 3 rings (SSSR count). The summed E-state index contributed by atoms with van der Waals surface area (Å²) in [6, 6.07) is 16.6. The first kappa shape index (κ1) is 20.8. The van der Waals surface area contributed by atoms with Crippen LogP contribution >= 0.6 is 0 Å². The van der Waals surface area contributed by atoms with Crippen LogP contribution < -0.4 is 0 Å². The molecule has 5 nitrogen and oxygen atoms in total. The van der Waals surface area contributed by atoms with Gasteiger partial charge in [-0.15, -0.1) is 0 Å². The molecule has 0 radical (unpaired) electrons. The predicted octanol–water partition coefficient (Wildman–Crippen LogP) is 4.71.